The molecule has 0 aliphatic carbocycles. The molecule has 0 saturated carbocycles. The van der Waals surface area contributed by atoms with Crippen molar-refractivity contribution < 1.29 is 14.7 Å². The van der Waals surface area contributed by atoms with Crippen LogP contribution < -0.4 is 0 Å². The zero-order valence-electron chi connectivity index (χ0n) is 12.8. The van der Waals surface area contributed by atoms with E-state index in [-0.39, 0.29) is 18.4 Å². The third kappa shape index (κ3) is 3.73. The molecule has 8 heteroatoms. The highest BCUT2D eigenvalue weighted by molar-refractivity contribution is 7.99. The molecule has 6 nitrogen and oxygen atoms in total. The van der Waals surface area contributed by atoms with Crippen molar-refractivity contribution >= 4 is 35.2 Å². The highest BCUT2D eigenvalue weighted by Crippen LogP contribution is 2.22. The highest BCUT2D eigenvalue weighted by Gasteiger charge is 2.30. The molecule has 2 heterocycles. The summed E-state index contributed by atoms with van der Waals surface area (Å²) in [6, 6.07) is 6.89. The van der Waals surface area contributed by atoms with E-state index in [0.717, 1.165) is 11.4 Å². The lowest BCUT2D eigenvalue weighted by molar-refractivity contribution is -0.138. The zero-order chi connectivity index (χ0) is 17.1. The summed E-state index contributed by atoms with van der Waals surface area (Å²) in [7, 11) is 0. The summed E-state index contributed by atoms with van der Waals surface area (Å²) in [5.41, 5.74) is 1.20. The highest BCUT2D eigenvalue weighted by atomic mass is 35.5. The number of hydrogen-bond donors (Lipinski definition) is 1. The van der Waals surface area contributed by atoms with Crippen LogP contribution in [0.2, 0.25) is 5.02 Å². The number of thioether (sulfide) groups is 1. The van der Waals surface area contributed by atoms with E-state index in [4.69, 9.17) is 16.7 Å². The summed E-state index contributed by atoms with van der Waals surface area (Å²) in [5.74, 6) is 0.370. The Morgan fingerprint density at radius 3 is 3.00 bits per heavy atom. The Hall–Kier alpha value is -1.99. The molecule has 1 aliphatic heterocycles. The van der Waals surface area contributed by atoms with E-state index in [0.29, 0.717) is 22.9 Å². The smallest absolute Gasteiger partial charge is 0.305 e. The van der Waals surface area contributed by atoms with Crippen LogP contribution in [0.1, 0.15) is 16.8 Å². The largest absolute Gasteiger partial charge is 0.481 e. The number of halogens is 1. The molecule has 0 spiro atoms. The summed E-state index contributed by atoms with van der Waals surface area (Å²) < 4.78 is 1.59. The van der Waals surface area contributed by atoms with Crippen molar-refractivity contribution in [2.45, 2.75) is 12.5 Å². The van der Waals surface area contributed by atoms with E-state index < -0.39 is 5.97 Å². The molecule has 0 bridgehead atoms. The van der Waals surface area contributed by atoms with Gasteiger partial charge in [-0.05, 0) is 18.2 Å². The Kier molecular flexibility index (Phi) is 5.11. The van der Waals surface area contributed by atoms with Gasteiger partial charge in [-0.3, -0.25) is 9.59 Å². The van der Waals surface area contributed by atoms with Gasteiger partial charge in [0.1, 0.15) is 0 Å². The lowest BCUT2D eigenvalue weighted by Gasteiger charge is -2.34. The van der Waals surface area contributed by atoms with Crippen molar-refractivity contribution in [2.24, 2.45) is 0 Å². The molecule has 1 saturated heterocycles. The van der Waals surface area contributed by atoms with E-state index in [2.05, 4.69) is 5.10 Å². The molecule has 1 aromatic heterocycles. The quantitative estimate of drug-likeness (QED) is 0.901. The molecule has 1 aromatic carbocycles. The molecule has 1 fully saturated rings. The van der Waals surface area contributed by atoms with Gasteiger partial charge in [0.25, 0.3) is 5.91 Å². The van der Waals surface area contributed by atoms with Crippen LogP contribution in [0.15, 0.2) is 36.7 Å². The van der Waals surface area contributed by atoms with E-state index in [1.54, 1.807) is 39.7 Å². The van der Waals surface area contributed by atoms with Crippen LogP contribution in [0.4, 0.5) is 0 Å². The Labute approximate surface area is 148 Å². The molecule has 1 amide bonds. The topological polar surface area (TPSA) is 75.4 Å². The number of rotatable bonds is 4. The standard InChI is InChI=1S/C16H16ClN3O3S/c17-12-2-1-3-13(6-12)20-9-11(8-18-20)16(23)19-4-5-24-10-14(19)7-15(21)22/h1-3,6,8-9,14H,4-5,7,10H2,(H,21,22). The van der Waals surface area contributed by atoms with Crippen molar-refractivity contribution in [3.8, 4) is 5.69 Å². The van der Waals surface area contributed by atoms with E-state index in [1.807, 2.05) is 12.1 Å². The molecule has 126 valence electrons. The number of carboxylic acid groups (broad SMARTS) is 1. The third-order valence-electron chi connectivity index (χ3n) is 3.80. The number of amides is 1. The van der Waals surface area contributed by atoms with Gasteiger partial charge in [-0.1, -0.05) is 17.7 Å². The van der Waals surface area contributed by atoms with Crippen molar-refractivity contribution in [1.29, 1.82) is 0 Å². The minimum Gasteiger partial charge on any atom is -0.481 e. The van der Waals surface area contributed by atoms with Crippen LogP contribution in [0.25, 0.3) is 5.69 Å². The molecule has 0 radical (unpaired) electrons. The maximum absolute atomic E-state index is 12.7. The Bertz CT molecular complexity index is 765. The fraction of sp³-hybridized carbons (Fsp3) is 0.312. The Balaban J connectivity index is 1.80. The lowest BCUT2D eigenvalue weighted by atomic mass is 10.1. The number of carbonyl (C=O) groups is 2. The monoisotopic (exact) mass is 365 g/mol. The molecule has 1 aliphatic rings. The van der Waals surface area contributed by atoms with Crippen molar-refractivity contribution in [3.05, 3.63) is 47.2 Å². The fourth-order valence-corrected chi connectivity index (χ4v) is 3.90. The Morgan fingerprint density at radius 2 is 2.25 bits per heavy atom. The number of hydrogen-bond acceptors (Lipinski definition) is 4. The zero-order valence-corrected chi connectivity index (χ0v) is 14.3. The number of aromatic nitrogens is 2. The molecular formula is C16H16ClN3O3S. The first kappa shape index (κ1) is 16.9. The minimum atomic E-state index is -0.894. The average Bonchev–Trinajstić information content (AvgIpc) is 3.04. The number of aliphatic carboxylic acids is 1. The van der Waals surface area contributed by atoms with E-state index >= 15 is 0 Å². The summed E-state index contributed by atoms with van der Waals surface area (Å²) in [6.45, 7) is 0.545. The summed E-state index contributed by atoms with van der Waals surface area (Å²) in [4.78, 5) is 25.4. The molecule has 24 heavy (non-hydrogen) atoms. The first-order chi connectivity index (χ1) is 11.5. The van der Waals surface area contributed by atoms with Gasteiger partial charge in [-0.25, -0.2) is 4.68 Å². The van der Waals surface area contributed by atoms with Gasteiger partial charge in [0.05, 0.1) is 29.9 Å². The van der Waals surface area contributed by atoms with Crippen LogP contribution in [-0.4, -0.2) is 55.8 Å². The summed E-state index contributed by atoms with van der Waals surface area (Å²) >= 11 is 7.65. The predicted octanol–water partition coefficient (Wildman–Crippen LogP) is 2.56. The van der Waals surface area contributed by atoms with Gasteiger partial charge in [-0.15, -0.1) is 0 Å². The van der Waals surface area contributed by atoms with Gasteiger partial charge >= 0.3 is 5.97 Å². The second kappa shape index (κ2) is 7.27. The number of carbonyl (C=O) groups excluding carboxylic acids is 1. The number of nitrogens with zero attached hydrogens (tertiary/aromatic N) is 3. The Morgan fingerprint density at radius 1 is 1.42 bits per heavy atom. The number of benzene rings is 1. The first-order valence-corrected chi connectivity index (χ1v) is 8.99. The van der Waals surface area contributed by atoms with Crippen LogP contribution in [-0.2, 0) is 4.79 Å². The van der Waals surface area contributed by atoms with Crippen molar-refractivity contribution in [2.75, 3.05) is 18.1 Å². The van der Waals surface area contributed by atoms with Gasteiger partial charge < -0.3 is 10.0 Å². The molecule has 1 N–H and O–H groups in total. The summed E-state index contributed by atoms with van der Waals surface area (Å²) in [5, 5.41) is 13.8. The predicted molar refractivity (Wildman–Crippen MR) is 93.0 cm³/mol. The maximum atomic E-state index is 12.7. The second-order valence-corrected chi connectivity index (χ2v) is 7.06. The number of carboxylic acids is 1. The van der Waals surface area contributed by atoms with Gasteiger partial charge in [0.2, 0.25) is 0 Å². The van der Waals surface area contributed by atoms with Crippen molar-refractivity contribution in [3.63, 3.8) is 0 Å². The molecule has 1 atom stereocenters. The van der Waals surface area contributed by atoms with Crippen molar-refractivity contribution in [1.82, 2.24) is 14.7 Å². The van der Waals surface area contributed by atoms with Crippen LogP contribution in [0.3, 0.4) is 0 Å². The van der Waals surface area contributed by atoms with Gasteiger partial charge in [-0.2, -0.15) is 16.9 Å². The normalized spacial score (nSPS) is 17.7. The molecular weight excluding hydrogens is 350 g/mol. The van der Waals surface area contributed by atoms with Gasteiger partial charge in [0, 0.05) is 29.3 Å². The summed E-state index contributed by atoms with van der Waals surface area (Å²) in [6.07, 6.45) is 3.11. The first-order valence-electron chi connectivity index (χ1n) is 7.45. The fourth-order valence-electron chi connectivity index (χ4n) is 2.65. The van der Waals surface area contributed by atoms with Crippen LogP contribution in [0.5, 0.6) is 0 Å². The maximum Gasteiger partial charge on any atom is 0.305 e. The molecule has 2 aromatic rings. The second-order valence-electron chi connectivity index (χ2n) is 5.48. The SMILES string of the molecule is O=C(O)CC1CSCCN1C(=O)c1cnn(-c2cccc(Cl)c2)c1. The third-order valence-corrected chi connectivity index (χ3v) is 5.13. The molecule has 3 rings (SSSR count). The molecule has 1 unspecified atom stereocenters. The van der Waals surface area contributed by atoms with Crippen LogP contribution in [0, 0.1) is 0 Å². The minimum absolute atomic E-state index is 0.0405. The van der Waals surface area contributed by atoms with E-state index in [1.165, 1.54) is 6.20 Å². The lowest BCUT2D eigenvalue weighted by Crippen LogP contribution is -2.47. The van der Waals surface area contributed by atoms with Gasteiger partial charge in [0.15, 0.2) is 0 Å². The average molecular weight is 366 g/mol. The van der Waals surface area contributed by atoms with Crippen LogP contribution >= 0.6 is 23.4 Å². The van der Waals surface area contributed by atoms with E-state index in [9.17, 15) is 9.59 Å².